The lowest BCUT2D eigenvalue weighted by molar-refractivity contribution is 0.470. The fourth-order valence-electron chi connectivity index (χ4n) is 2.06. The summed E-state index contributed by atoms with van der Waals surface area (Å²) in [4.78, 5) is 0. The van der Waals surface area contributed by atoms with Crippen LogP contribution in [0.4, 0.5) is 5.69 Å². The fraction of sp³-hybridized carbons (Fsp3) is 0.462. The summed E-state index contributed by atoms with van der Waals surface area (Å²) in [5, 5.41) is 11.9. The minimum absolute atomic E-state index is 0.0980. The van der Waals surface area contributed by atoms with Crippen molar-refractivity contribution < 1.29 is 4.21 Å². The van der Waals surface area contributed by atoms with Crippen molar-refractivity contribution in [3.05, 3.63) is 23.8 Å². The molecular weight excluding hydrogens is 274 g/mol. The van der Waals surface area contributed by atoms with Crippen molar-refractivity contribution in [1.82, 2.24) is 20.2 Å². The number of nitrogen functional groups attached to an aromatic ring is 1. The molecule has 0 radical (unpaired) electrons. The van der Waals surface area contributed by atoms with E-state index in [0.29, 0.717) is 5.75 Å². The first-order valence-corrected chi connectivity index (χ1v) is 8.16. The Balaban J connectivity index is 2.30. The Labute approximate surface area is 120 Å². The van der Waals surface area contributed by atoms with Gasteiger partial charge in [-0.05, 0) is 54.5 Å². The van der Waals surface area contributed by atoms with Crippen LogP contribution in [0.2, 0.25) is 0 Å². The van der Waals surface area contributed by atoms with Crippen LogP contribution in [0.1, 0.15) is 24.9 Å². The Hall–Kier alpha value is -1.76. The molecule has 108 valence electrons. The number of hydrogen-bond donors (Lipinski definition) is 1. The number of rotatable bonds is 5. The topological polar surface area (TPSA) is 86.7 Å². The predicted molar refractivity (Wildman–Crippen MR) is 80.7 cm³/mol. The van der Waals surface area contributed by atoms with E-state index < -0.39 is 10.8 Å². The molecule has 2 unspecified atom stereocenters. The van der Waals surface area contributed by atoms with Gasteiger partial charge in [0.25, 0.3) is 0 Å². The summed E-state index contributed by atoms with van der Waals surface area (Å²) < 4.78 is 13.0. The van der Waals surface area contributed by atoms with E-state index in [-0.39, 0.29) is 6.04 Å². The van der Waals surface area contributed by atoms with E-state index >= 15 is 0 Å². The normalized spacial score (nSPS) is 14.2. The van der Waals surface area contributed by atoms with Crippen LogP contribution in [0.5, 0.6) is 0 Å². The van der Waals surface area contributed by atoms with Gasteiger partial charge in [0.15, 0.2) is 5.82 Å². The maximum atomic E-state index is 11.2. The molecule has 2 N–H and O–H groups in total. The fourth-order valence-corrected chi connectivity index (χ4v) is 2.74. The van der Waals surface area contributed by atoms with Gasteiger partial charge in [-0.2, -0.15) is 0 Å². The summed E-state index contributed by atoms with van der Waals surface area (Å²) >= 11 is 0. The van der Waals surface area contributed by atoms with E-state index in [0.717, 1.165) is 29.1 Å². The number of hydrogen-bond acceptors (Lipinski definition) is 5. The zero-order valence-corrected chi connectivity index (χ0v) is 12.7. The second kappa shape index (κ2) is 6.13. The summed E-state index contributed by atoms with van der Waals surface area (Å²) in [6.45, 7) is 4.01. The molecule has 2 atom stereocenters. The SMILES string of the molecule is Cc1cc(N)ccc1-c1nnnn1C(C)CCS(C)=O. The van der Waals surface area contributed by atoms with Crippen LogP contribution >= 0.6 is 0 Å². The first kappa shape index (κ1) is 14.6. The van der Waals surface area contributed by atoms with Crippen LogP contribution in [0, 0.1) is 6.92 Å². The van der Waals surface area contributed by atoms with Crippen LogP contribution < -0.4 is 5.73 Å². The summed E-state index contributed by atoms with van der Waals surface area (Å²) in [6, 6.07) is 5.77. The molecule has 0 spiro atoms. The second-order valence-corrected chi connectivity index (χ2v) is 6.49. The van der Waals surface area contributed by atoms with Gasteiger partial charge in [-0.25, -0.2) is 4.68 Å². The van der Waals surface area contributed by atoms with Gasteiger partial charge in [0, 0.05) is 34.1 Å². The first-order valence-electron chi connectivity index (χ1n) is 6.43. The van der Waals surface area contributed by atoms with Crippen molar-refractivity contribution in [2.75, 3.05) is 17.7 Å². The Kier molecular flexibility index (Phi) is 4.49. The highest BCUT2D eigenvalue weighted by Gasteiger charge is 2.16. The number of benzene rings is 1. The standard InChI is InChI=1S/C13H19N5OS/c1-9-8-11(14)4-5-12(9)13-15-16-17-18(13)10(2)6-7-20(3)19/h4-5,8,10H,6-7,14H2,1-3H3. The van der Waals surface area contributed by atoms with Crippen molar-refractivity contribution >= 4 is 16.5 Å². The second-order valence-electron chi connectivity index (χ2n) is 4.94. The van der Waals surface area contributed by atoms with E-state index in [4.69, 9.17) is 5.73 Å². The van der Waals surface area contributed by atoms with E-state index in [9.17, 15) is 4.21 Å². The molecule has 0 aliphatic rings. The molecule has 20 heavy (non-hydrogen) atoms. The monoisotopic (exact) mass is 293 g/mol. The summed E-state index contributed by atoms with van der Waals surface area (Å²) in [5.41, 5.74) is 8.49. The number of aryl methyl sites for hydroxylation is 1. The first-order chi connectivity index (χ1) is 9.49. The predicted octanol–water partition coefficient (Wildman–Crippen LogP) is 1.56. The molecule has 0 saturated heterocycles. The van der Waals surface area contributed by atoms with Crippen molar-refractivity contribution in [1.29, 1.82) is 0 Å². The number of nitrogens with zero attached hydrogens (tertiary/aromatic N) is 4. The Morgan fingerprint density at radius 1 is 1.45 bits per heavy atom. The maximum Gasteiger partial charge on any atom is 0.182 e. The lowest BCUT2D eigenvalue weighted by atomic mass is 10.1. The zero-order chi connectivity index (χ0) is 14.7. The van der Waals surface area contributed by atoms with Gasteiger partial charge < -0.3 is 5.73 Å². The molecule has 0 aliphatic heterocycles. The third-order valence-corrected chi connectivity index (χ3v) is 4.04. The lowest BCUT2D eigenvalue weighted by Crippen LogP contribution is -2.12. The molecule has 2 aromatic rings. The van der Waals surface area contributed by atoms with Gasteiger partial charge in [-0.1, -0.05) is 0 Å². The number of tetrazole rings is 1. The molecular formula is C13H19N5OS. The van der Waals surface area contributed by atoms with Gasteiger partial charge in [0.1, 0.15) is 0 Å². The third-order valence-electron chi connectivity index (χ3n) is 3.22. The van der Waals surface area contributed by atoms with Crippen molar-refractivity contribution in [2.45, 2.75) is 26.3 Å². The van der Waals surface area contributed by atoms with E-state index in [1.54, 1.807) is 10.9 Å². The summed E-state index contributed by atoms with van der Waals surface area (Å²) in [7, 11) is -0.805. The van der Waals surface area contributed by atoms with Crippen LogP contribution in [-0.4, -0.2) is 36.4 Å². The highest BCUT2D eigenvalue weighted by atomic mass is 32.2. The molecule has 6 nitrogen and oxygen atoms in total. The van der Waals surface area contributed by atoms with Crippen LogP contribution in [0.3, 0.4) is 0 Å². The van der Waals surface area contributed by atoms with Crippen LogP contribution in [0.15, 0.2) is 18.2 Å². The number of anilines is 1. The minimum atomic E-state index is -0.805. The highest BCUT2D eigenvalue weighted by Crippen LogP contribution is 2.25. The number of aromatic nitrogens is 4. The summed E-state index contributed by atoms with van der Waals surface area (Å²) in [6.07, 6.45) is 2.48. The highest BCUT2D eigenvalue weighted by molar-refractivity contribution is 7.84. The van der Waals surface area contributed by atoms with E-state index in [1.165, 1.54) is 0 Å². The van der Waals surface area contributed by atoms with Gasteiger partial charge in [-0.15, -0.1) is 5.10 Å². The van der Waals surface area contributed by atoms with Gasteiger partial charge in [0.2, 0.25) is 0 Å². The minimum Gasteiger partial charge on any atom is -0.399 e. The average molecular weight is 293 g/mol. The van der Waals surface area contributed by atoms with Gasteiger partial charge in [-0.3, -0.25) is 4.21 Å². The maximum absolute atomic E-state index is 11.2. The smallest absolute Gasteiger partial charge is 0.182 e. The zero-order valence-electron chi connectivity index (χ0n) is 11.9. The molecule has 1 heterocycles. The Morgan fingerprint density at radius 3 is 2.85 bits per heavy atom. The van der Waals surface area contributed by atoms with Crippen molar-refractivity contribution in [3.8, 4) is 11.4 Å². The van der Waals surface area contributed by atoms with Gasteiger partial charge in [0.05, 0.1) is 6.04 Å². The molecule has 0 fully saturated rings. The van der Waals surface area contributed by atoms with Crippen molar-refractivity contribution in [3.63, 3.8) is 0 Å². The summed E-state index contributed by atoms with van der Waals surface area (Å²) in [5.74, 6) is 1.36. The molecule has 0 saturated carbocycles. The Bertz CT molecular complexity index is 625. The Morgan fingerprint density at radius 2 is 2.20 bits per heavy atom. The molecule has 2 rings (SSSR count). The number of nitrogens with two attached hydrogens (primary N) is 1. The largest absolute Gasteiger partial charge is 0.399 e. The molecule has 7 heteroatoms. The molecule has 1 aromatic heterocycles. The molecule has 0 amide bonds. The van der Waals surface area contributed by atoms with E-state index in [1.807, 2.05) is 32.0 Å². The lowest BCUT2D eigenvalue weighted by Gasteiger charge is -2.13. The average Bonchev–Trinajstić information content (AvgIpc) is 2.85. The quantitative estimate of drug-likeness (QED) is 0.845. The van der Waals surface area contributed by atoms with Crippen molar-refractivity contribution in [2.24, 2.45) is 0 Å². The molecule has 0 aliphatic carbocycles. The van der Waals surface area contributed by atoms with Gasteiger partial charge >= 0.3 is 0 Å². The van der Waals surface area contributed by atoms with Crippen LogP contribution in [0.25, 0.3) is 11.4 Å². The van der Waals surface area contributed by atoms with Crippen LogP contribution in [-0.2, 0) is 10.8 Å². The third kappa shape index (κ3) is 3.22. The van der Waals surface area contributed by atoms with E-state index in [2.05, 4.69) is 15.5 Å². The molecule has 0 bridgehead atoms. The molecule has 1 aromatic carbocycles.